The van der Waals surface area contributed by atoms with Gasteiger partial charge in [0.05, 0.1) is 11.1 Å². The van der Waals surface area contributed by atoms with Crippen LogP contribution in [0.3, 0.4) is 0 Å². The fourth-order valence-corrected chi connectivity index (χ4v) is 3.17. The Balaban J connectivity index is 1.85. The van der Waals surface area contributed by atoms with Gasteiger partial charge in [0.25, 0.3) is 11.8 Å². The number of imide groups is 1. The number of carbonyl (C=O) groups excluding carboxylic acids is 3. The number of fused-ring (bicyclic) bond motifs is 1. The van der Waals surface area contributed by atoms with E-state index in [9.17, 15) is 14.4 Å². The summed E-state index contributed by atoms with van der Waals surface area (Å²) < 4.78 is 0. The Labute approximate surface area is 158 Å². The van der Waals surface area contributed by atoms with Crippen molar-refractivity contribution in [1.29, 1.82) is 0 Å². The number of rotatable bonds is 3. The summed E-state index contributed by atoms with van der Waals surface area (Å²) in [5.74, 6) is -0.645. The third kappa shape index (κ3) is 3.43. The summed E-state index contributed by atoms with van der Waals surface area (Å²) in [5.41, 5.74) is 1.33. The topological polar surface area (TPSA) is 69.7 Å². The van der Waals surface area contributed by atoms with Gasteiger partial charge in [-0.3, -0.25) is 19.4 Å². The first-order chi connectivity index (χ1) is 12.7. The molecular weight excluding hydrogens is 342 g/mol. The van der Waals surface area contributed by atoms with Crippen molar-refractivity contribution in [1.82, 2.24) is 4.90 Å². The minimum atomic E-state index is -0.608. The van der Waals surface area contributed by atoms with E-state index in [1.54, 1.807) is 23.1 Å². The van der Waals surface area contributed by atoms with E-state index in [0.29, 0.717) is 23.4 Å². The third-order valence-corrected chi connectivity index (χ3v) is 4.44. The van der Waals surface area contributed by atoms with Crippen molar-refractivity contribution in [3.63, 3.8) is 0 Å². The van der Waals surface area contributed by atoms with Gasteiger partial charge in [0, 0.05) is 23.5 Å². The molecule has 1 aliphatic heterocycles. The molecule has 1 N–H and O–H groups in total. The van der Waals surface area contributed by atoms with Crippen LogP contribution in [0.15, 0.2) is 48.5 Å². The minimum Gasteiger partial charge on any atom is -0.308 e. The molecule has 140 valence electrons. The van der Waals surface area contributed by atoms with Crippen LogP contribution in [-0.2, 0) is 0 Å². The zero-order valence-electron chi connectivity index (χ0n) is 15.9. The van der Waals surface area contributed by atoms with E-state index in [4.69, 9.17) is 0 Å². The summed E-state index contributed by atoms with van der Waals surface area (Å²) in [7, 11) is 0. The molecule has 2 aromatic rings. The average molecular weight is 365 g/mol. The van der Waals surface area contributed by atoms with Crippen molar-refractivity contribution in [2.75, 3.05) is 16.8 Å². The maximum Gasteiger partial charge on any atom is 0.326 e. The smallest absolute Gasteiger partial charge is 0.308 e. The van der Waals surface area contributed by atoms with Crippen molar-refractivity contribution in [3.8, 4) is 0 Å². The Bertz CT molecular complexity index is 901. The number of benzene rings is 2. The van der Waals surface area contributed by atoms with Crippen LogP contribution >= 0.6 is 0 Å². The molecule has 6 nitrogen and oxygen atoms in total. The van der Waals surface area contributed by atoms with Crippen molar-refractivity contribution >= 4 is 29.2 Å². The van der Waals surface area contributed by atoms with Crippen LogP contribution in [0.25, 0.3) is 0 Å². The number of hydrogen-bond donors (Lipinski definition) is 1. The summed E-state index contributed by atoms with van der Waals surface area (Å²) in [4.78, 5) is 40.7. The lowest BCUT2D eigenvalue weighted by atomic mass is 10.1. The van der Waals surface area contributed by atoms with Crippen LogP contribution in [0.4, 0.5) is 16.2 Å². The van der Waals surface area contributed by atoms with Gasteiger partial charge >= 0.3 is 6.03 Å². The number of anilines is 2. The molecule has 4 amide bonds. The van der Waals surface area contributed by atoms with Crippen molar-refractivity contribution in [2.24, 2.45) is 0 Å². The number of para-hydroxylation sites is 1. The second-order valence-corrected chi connectivity index (χ2v) is 7.39. The van der Waals surface area contributed by atoms with E-state index in [-0.39, 0.29) is 17.8 Å². The highest BCUT2D eigenvalue weighted by molar-refractivity contribution is 6.22. The van der Waals surface area contributed by atoms with E-state index in [2.05, 4.69) is 5.32 Å². The molecule has 0 bridgehead atoms. The second kappa shape index (κ2) is 6.87. The zero-order valence-corrected chi connectivity index (χ0v) is 15.9. The second-order valence-electron chi connectivity index (χ2n) is 7.39. The first-order valence-corrected chi connectivity index (χ1v) is 8.90. The first kappa shape index (κ1) is 18.6. The number of urea groups is 1. The lowest BCUT2D eigenvalue weighted by Crippen LogP contribution is -2.45. The van der Waals surface area contributed by atoms with Gasteiger partial charge in [-0.1, -0.05) is 18.2 Å². The molecule has 2 aromatic carbocycles. The minimum absolute atomic E-state index is 0.298. The summed E-state index contributed by atoms with van der Waals surface area (Å²) in [6.07, 6.45) is 0. The number of nitrogens with one attached hydrogen (secondary N) is 1. The Morgan fingerprint density at radius 1 is 1.00 bits per heavy atom. The van der Waals surface area contributed by atoms with Gasteiger partial charge in [0.2, 0.25) is 0 Å². The Hall–Kier alpha value is -3.15. The summed E-state index contributed by atoms with van der Waals surface area (Å²) in [5, 5.41) is 2.82. The molecule has 3 rings (SSSR count). The molecule has 0 saturated carbocycles. The Morgan fingerprint density at radius 3 is 2.22 bits per heavy atom. The molecule has 0 atom stereocenters. The van der Waals surface area contributed by atoms with E-state index in [1.165, 1.54) is 4.90 Å². The highest BCUT2D eigenvalue weighted by atomic mass is 16.2. The van der Waals surface area contributed by atoms with Gasteiger partial charge in [0.15, 0.2) is 0 Å². The highest BCUT2D eigenvalue weighted by Crippen LogP contribution is 2.31. The summed E-state index contributed by atoms with van der Waals surface area (Å²) in [6.45, 7) is 7.83. The van der Waals surface area contributed by atoms with Gasteiger partial charge in [-0.2, -0.15) is 0 Å². The molecular formula is C21H23N3O3. The lowest BCUT2D eigenvalue weighted by molar-refractivity contribution is 0.0507. The van der Waals surface area contributed by atoms with Crippen molar-refractivity contribution in [2.45, 2.75) is 33.2 Å². The maximum absolute atomic E-state index is 12.7. The number of nitrogens with zero attached hydrogens (tertiary/aromatic N) is 2. The summed E-state index contributed by atoms with van der Waals surface area (Å²) >= 11 is 0. The number of carbonyl (C=O) groups is 3. The van der Waals surface area contributed by atoms with E-state index >= 15 is 0 Å². The van der Waals surface area contributed by atoms with Crippen LogP contribution < -0.4 is 10.2 Å². The molecule has 0 unspecified atom stereocenters. The molecule has 0 saturated heterocycles. The highest BCUT2D eigenvalue weighted by Gasteiger charge is 2.41. The SMILES string of the molecule is CCN(C(=O)Nc1ccc2c(c1)C(=O)N(C(C)(C)C)C2=O)c1ccccc1. The molecule has 6 heteroatoms. The van der Waals surface area contributed by atoms with Crippen LogP contribution in [0.1, 0.15) is 48.4 Å². The van der Waals surface area contributed by atoms with Crippen molar-refractivity contribution < 1.29 is 14.4 Å². The van der Waals surface area contributed by atoms with Crippen LogP contribution in [0.5, 0.6) is 0 Å². The van der Waals surface area contributed by atoms with E-state index < -0.39 is 5.54 Å². The Kier molecular flexibility index (Phi) is 4.74. The predicted molar refractivity (Wildman–Crippen MR) is 105 cm³/mol. The molecule has 27 heavy (non-hydrogen) atoms. The van der Waals surface area contributed by atoms with E-state index in [0.717, 1.165) is 5.69 Å². The third-order valence-electron chi connectivity index (χ3n) is 4.44. The molecule has 0 aromatic heterocycles. The van der Waals surface area contributed by atoms with Crippen LogP contribution in [0.2, 0.25) is 0 Å². The van der Waals surface area contributed by atoms with Gasteiger partial charge < -0.3 is 5.32 Å². The first-order valence-electron chi connectivity index (χ1n) is 8.90. The molecule has 0 spiro atoms. The quantitative estimate of drug-likeness (QED) is 0.831. The fourth-order valence-electron chi connectivity index (χ4n) is 3.17. The number of amides is 4. The molecule has 0 aliphatic carbocycles. The Morgan fingerprint density at radius 2 is 1.63 bits per heavy atom. The molecule has 0 radical (unpaired) electrons. The van der Waals surface area contributed by atoms with Gasteiger partial charge in [0.1, 0.15) is 0 Å². The molecule has 1 aliphatic rings. The normalized spacial score (nSPS) is 13.6. The van der Waals surface area contributed by atoms with Crippen LogP contribution in [-0.4, -0.2) is 34.8 Å². The lowest BCUT2D eigenvalue weighted by Gasteiger charge is -2.29. The molecule has 0 fully saturated rings. The number of hydrogen-bond acceptors (Lipinski definition) is 3. The van der Waals surface area contributed by atoms with Gasteiger partial charge in [-0.15, -0.1) is 0 Å². The van der Waals surface area contributed by atoms with Gasteiger partial charge in [-0.25, -0.2) is 4.79 Å². The standard InChI is InChI=1S/C21H23N3O3/c1-5-23(15-9-7-6-8-10-15)20(27)22-14-11-12-16-17(13-14)19(26)24(18(16)25)21(2,3)4/h6-13H,5H2,1-4H3,(H,22,27). The van der Waals surface area contributed by atoms with Gasteiger partial charge in [-0.05, 0) is 58.0 Å². The monoisotopic (exact) mass is 365 g/mol. The summed E-state index contributed by atoms with van der Waals surface area (Å²) in [6, 6.07) is 13.8. The van der Waals surface area contributed by atoms with Crippen LogP contribution in [0, 0.1) is 0 Å². The largest absolute Gasteiger partial charge is 0.326 e. The van der Waals surface area contributed by atoms with Crippen molar-refractivity contribution in [3.05, 3.63) is 59.7 Å². The molecule has 1 heterocycles. The predicted octanol–water partition coefficient (Wildman–Crippen LogP) is 4.14. The van der Waals surface area contributed by atoms with E-state index in [1.807, 2.05) is 58.0 Å². The zero-order chi connectivity index (χ0) is 19.8. The fraction of sp³-hybridized carbons (Fsp3) is 0.286. The average Bonchev–Trinajstić information content (AvgIpc) is 2.87. The maximum atomic E-state index is 12.7.